The topological polar surface area (TPSA) is 81.1 Å². The molecule has 0 aliphatic carbocycles. The Bertz CT molecular complexity index is 937. The molecule has 8 heteroatoms. The second-order valence-corrected chi connectivity index (χ2v) is 7.36. The molecule has 0 spiro atoms. The largest absolute Gasteiger partial charge is 0.473 e. The van der Waals surface area contributed by atoms with Gasteiger partial charge in [-0.25, -0.2) is 9.97 Å². The van der Waals surface area contributed by atoms with Crippen LogP contribution in [0, 0.1) is 0 Å². The zero-order valence-corrected chi connectivity index (χ0v) is 16.0. The van der Waals surface area contributed by atoms with Gasteiger partial charge in [0.05, 0.1) is 22.9 Å². The normalized spacial score (nSPS) is 15.2. The fourth-order valence-electron chi connectivity index (χ4n) is 3.26. The highest BCUT2D eigenvalue weighted by Gasteiger charge is 2.27. The van der Waals surface area contributed by atoms with Gasteiger partial charge >= 0.3 is 0 Å². The van der Waals surface area contributed by atoms with E-state index in [9.17, 15) is 4.79 Å². The molecule has 1 aliphatic rings. The zero-order valence-electron chi connectivity index (χ0n) is 15.2. The summed E-state index contributed by atoms with van der Waals surface area (Å²) in [5, 5.41) is 4.10. The van der Waals surface area contributed by atoms with Gasteiger partial charge in [-0.1, -0.05) is 30.0 Å². The number of ether oxygens (including phenoxy) is 1. The molecule has 1 amide bonds. The molecular weight excluding hydrogens is 362 g/mol. The number of para-hydroxylation sites is 2. The zero-order chi connectivity index (χ0) is 18.6. The Kier molecular flexibility index (Phi) is 5.24. The third-order valence-corrected chi connectivity index (χ3v) is 5.44. The van der Waals surface area contributed by atoms with Crippen molar-refractivity contribution in [1.82, 2.24) is 24.5 Å². The molecule has 0 atom stereocenters. The number of piperidine rings is 1. The number of benzene rings is 1. The third kappa shape index (κ3) is 3.90. The van der Waals surface area contributed by atoms with Crippen LogP contribution < -0.4 is 4.74 Å². The van der Waals surface area contributed by atoms with Crippen LogP contribution in [-0.2, 0) is 6.42 Å². The van der Waals surface area contributed by atoms with Crippen molar-refractivity contribution >= 4 is 28.5 Å². The number of hydrogen-bond acceptors (Lipinski definition) is 7. The van der Waals surface area contributed by atoms with Gasteiger partial charge in [0, 0.05) is 25.9 Å². The number of rotatable bonds is 5. The summed E-state index contributed by atoms with van der Waals surface area (Å²) in [5.41, 5.74) is 2.49. The molecule has 27 heavy (non-hydrogen) atoms. The highest BCUT2D eigenvalue weighted by molar-refractivity contribution is 7.08. The number of fused-ring (bicyclic) bond motifs is 1. The number of nitrogens with zero attached hydrogens (tertiary/aromatic N) is 5. The molecule has 3 heterocycles. The Labute approximate surface area is 161 Å². The molecule has 1 fully saturated rings. The summed E-state index contributed by atoms with van der Waals surface area (Å²) in [4.78, 5) is 24.2. The highest BCUT2D eigenvalue weighted by Crippen LogP contribution is 2.22. The molecule has 0 unspecified atom stereocenters. The first kappa shape index (κ1) is 17.8. The summed E-state index contributed by atoms with van der Waals surface area (Å²) in [6.45, 7) is 3.40. The number of aryl methyl sites for hydroxylation is 1. The van der Waals surface area contributed by atoms with Crippen LogP contribution in [0.5, 0.6) is 5.88 Å². The molecule has 0 N–H and O–H groups in total. The quantitative estimate of drug-likeness (QED) is 0.673. The number of carbonyl (C=O) groups is 1. The highest BCUT2D eigenvalue weighted by atomic mass is 32.1. The summed E-state index contributed by atoms with van der Waals surface area (Å²) in [6, 6.07) is 7.73. The van der Waals surface area contributed by atoms with Crippen molar-refractivity contribution in [1.29, 1.82) is 0 Å². The van der Waals surface area contributed by atoms with Crippen molar-refractivity contribution in [3.8, 4) is 5.88 Å². The van der Waals surface area contributed by atoms with E-state index < -0.39 is 0 Å². The summed E-state index contributed by atoms with van der Waals surface area (Å²) in [5.74, 6) is 0.577. The van der Waals surface area contributed by atoms with E-state index in [4.69, 9.17) is 4.74 Å². The summed E-state index contributed by atoms with van der Waals surface area (Å²) in [7, 11) is 0. The lowest BCUT2D eigenvalue weighted by molar-refractivity contribution is 0.0591. The lowest BCUT2D eigenvalue weighted by Gasteiger charge is -2.31. The second kappa shape index (κ2) is 7.96. The lowest BCUT2D eigenvalue weighted by atomic mass is 10.1. The van der Waals surface area contributed by atoms with Gasteiger partial charge in [-0.05, 0) is 30.1 Å². The molecule has 0 saturated carbocycles. The van der Waals surface area contributed by atoms with E-state index in [1.54, 1.807) is 6.20 Å². The van der Waals surface area contributed by atoms with E-state index in [2.05, 4.69) is 26.5 Å². The van der Waals surface area contributed by atoms with Gasteiger partial charge in [0.2, 0.25) is 5.88 Å². The molecule has 0 radical (unpaired) electrons. The van der Waals surface area contributed by atoms with Crippen LogP contribution in [-0.4, -0.2) is 49.6 Å². The smallest absolute Gasteiger partial charge is 0.267 e. The molecular formula is C19H21N5O2S. The molecule has 7 nitrogen and oxygen atoms in total. The molecule has 1 aliphatic heterocycles. The maximum atomic E-state index is 12.8. The van der Waals surface area contributed by atoms with E-state index in [0.717, 1.165) is 42.4 Å². The van der Waals surface area contributed by atoms with Gasteiger partial charge in [0.25, 0.3) is 5.91 Å². The number of aromatic nitrogens is 4. The molecule has 1 saturated heterocycles. The Balaban J connectivity index is 1.36. The molecule has 4 rings (SSSR count). The van der Waals surface area contributed by atoms with Crippen LogP contribution in [0.1, 0.15) is 41.6 Å². The van der Waals surface area contributed by atoms with Gasteiger partial charge in [-0.3, -0.25) is 4.79 Å². The van der Waals surface area contributed by atoms with Gasteiger partial charge in [0.1, 0.15) is 11.0 Å². The number of carbonyl (C=O) groups excluding carboxylic acids is 1. The van der Waals surface area contributed by atoms with E-state index in [1.165, 1.54) is 11.5 Å². The van der Waals surface area contributed by atoms with Crippen LogP contribution in [0.15, 0.2) is 30.5 Å². The minimum atomic E-state index is 0.0393. The fraction of sp³-hybridized carbons (Fsp3) is 0.421. The number of likely N-dealkylation sites (tertiary alicyclic amines) is 1. The van der Waals surface area contributed by atoms with Gasteiger partial charge in [-0.15, -0.1) is 5.10 Å². The van der Waals surface area contributed by atoms with Crippen LogP contribution in [0.25, 0.3) is 11.0 Å². The maximum absolute atomic E-state index is 12.8. The first-order chi connectivity index (χ1) is 13.2. The van der Waals surface area contributed by atoms with Crippen molar-refractivity contribution in [2.45, 2.75) is 38.7 Å². The van der Waals surface area contributed by atoms with Crippen molar-refractivity contribution in [2.24, 2.45) is 0 Å². The minimum absolute atomic E-state index is 0.0393. The minimum Gasteiger partial charge on any atom is -0.473 e. The maximum Gasteiger partial charge on any atom is 0.267 e. The average molecular weight is 383 g/mol. The van der Waals surface area contributed by atoms with Crippen molar-refractivity contribution in [3.63, 3.8) is 0 Å². The van der Waals surface area contributed by atoms with Gasteiger partial charge < -0.3 is 9.64 Å². The van der Waals surface area contributed by atoms with E-state index in [1.807, 2.05) is 29.2 Å². The van der Waals surface area contributed by atoms with Crippen LogP contribution >= 0.6 is 11.5 Å². The van der Waals surface area contributed by atoms with E-state index in [-0.39, 0.29) is 12.0 Å². The first-order valence-electron chi connectivity index (χ1n) is 9.23. The Morgan fingerprint density at radius 3 is 2.81 bits per heavy atom. The number of hydrogen-bond donors (Lipinski definition) is 0. The first-order valence-corrected chi connectivity index (χ1v) is 10.0. The standard InChI is InChI=1S/C19H21N5O2S/c1-2-5-16-18(27-23-22-16)19(25)24-10-8-13(9-11-24)26-17-12-20-14-6-3-4-7-15(14)21-17/h3-4,6-7,12-13H,2,5,8-11H2,1H3. The average Bonchev–Trinajstić information content (AvgIpc) is 3.16. The van der Waals surface area contributed by atoms with Crippen LogP contribution in [0.2, 0.25) is 0 Å². The van der Waals surface area contributed by atoms with Crippen molar-refractivity contribution in [2.75, 3.05) is 13.1 Å². The molecule has 3 aromatic rings. The van der Waals surface area contributed by atoms with Crippen LogP contribution in [0.3, 0.4) is 0 Å². The van der Waals surface area contributed by atoms with Crippen LogP contribution in [0.4, 0.5) is 0 Å². The Hall–Kier alpha value is -2.61. The Morgan fingerprint density at radius 2 is 2.04 bits per heavy atom. The Morgan fingerprint density at radius 1 is 1.26 bits per heavy atom. The van der Waals surface area contributed by atoms with Crippen molar-refractivity contribution < 1.29 is 9.53 Å². The predicted molar refractivity (Wildman–Crippen MR) is 103 cm³/mol. The van der Waals surface area contributed by atoms with Gasteiger partial charge in [-0.2, -0.15) is 0 Å². The predicted octanol–water partition coefficient (Wildman–Crippen LogP) is 3.12. The van der Waals surface area contributed by atoms with Crippen molar-refractivity contribution in [3.05, 3.63) is 41.0 Å². The molecule has 0 bridgehead atoms. The second-order valence-electron chi connectivity index (χ2n) is 6.61. The summed E-state index contributed by atoms with van der Waals surface area (Å²) < 4.78 is 9.97. The fourth-order valence-corrected chi connectivity index (χ4v) is 3.94. The SMILES string of the molecule is CCCc1nnsc1C(=O)N1CCC(Oc2cnc3ccccc3n2)CC1. The molecule has 140 valence electrons. The lowest BCUT2D eigenvalue weighted by Crippen LogP contribution is -2.41. The van der Waals surface area contributed by atoms with E-state index in [0.29, 0.717) is 23.8 Å². The molecule has 2 aromatic heterocycles. The monoisotopic (exact) mass is 383 g/mol. The van der Waals surface area contributed by atoms with Gasteiger partial charge in [0.15, 0.2) is 0 Å². The number of amides is 1. The third-order valence-electron chi connectivity index (χ3n) is 4.68. The van der Waals surface area contributed by atoms with E-state index >= 15 is 0 Å². The molecule has 1 aromatic carbocycles. The summed E-state index contributed by atoms with van der Waals surface area (Å²) in [6.07, 6.45) is 5.00. The summed E-state index contributed by atoms with van der Waals surface area (Å²) >= 11 is 1.19.